The lowest BCUT2D eigenvalue weighted by Crippen LogP contribution is -2.24. The molecule has 0 aliphatic carbocycles. The maximum Gasteiger partial charge on any atom is 0.163 e. The topological polar surface area (TPSA) is 60.7 Å². The number of nitriles is 1. The molecule has 2 N–H and O–H groups in total. The van der Waals surface area contributed by atoms with Gasteiger partial charge in [0, 0.05) is 18.8 Å². The molecule has 2 rings (SSSR count). The number of hydrogen-bond donors (Lipinski definition) is 2. The van der Waals surface area contributed by atoms with Crippen LogP contribution in [-0.4, -0.2) is 24.1 Å². The van der Waals surface area contributed by atoms with Crippen LogP contribution in [0.25, 0.3) is 0 Å². The number of anilines is 1. The Balaban J connectivity index is 1.82. The second-order valence-corrected chi connectivity index (χ2v) is 4.02. The molecule has 0 aromatic carbocycles. The second kappa shape index (κ2) is 5.47. The molecule has 1 aromatic rings. The highest BCUT2D eigenvalue weighted by Crippen LogP contribution is 2.12. The summed E-state index contributed by atoms with van der Waals surface area (Å²) >= 11 is 0. The van der Waals surface area contributed by atoms with E-state index in [1.807, 2.05) is 12.1 Å². The van der Waals surface area contributed by atoms with Crippen LogP contribution in [0, 0.1) is 11.3 Å². The fourth-order valence-electron chi connectivity index (χ4n) is 2.02. The van der Waals surface area contributed by atoms with E-state index in [2.05, 4.69) is 21.7 Å². The SMILES string of the molecule is N#Cc1ncccc1NCCC1CCCN1. The van der Waals surface area contributed by atoms with Gasteiger partial charge in [-0.3, -0.25) is 0 Å². The van der Waals surface area contributed by atoms with Crippen molar-refractivity contribution < 1.29 is 0 Å². The molecule has 0 amide bonds. The van der Waals surface area contributed by atoms with Crippen LogP contribution < -0.4 is 10.6 Å². The molecule has 0 saturated carbocycles. The first-order chi connectivity index (χ1) is 7.90. The molecule has 0 bridgehead atoms. The van der Waals surface area contributed by atoms with E-state index < -0.39 is 0 Å². The van der Waals surface area contributed by atoms with Gasteiger partial charge in [0.25, 0.3) is 0 Å². The summed E-state index contributed by atoms with van der Waals surface area (Å²) in [5.41, 5.74) is 1.31. The fraction of sp³-hybridized carbons (Fsp3) is 0.500. The first-order valence-electron chi connectivity index (χ1n) is 5.72. The first-order valence-corrected chi connectivity index (χ1v) is 5.72. The molecule has 1 aromatic heterocycles. The maximum absolute atomic E-state index is 8.86. The molecule has 1 saturated heterocycles. The highest BCUT2D eigenvalue weighted by Gasteiger charge is 2.13. The molecule has 1 aliphatic rings. The summed E-state index contributed by atoms with van der Waals surface area (Å²) in [4.78, 5) is 4.01. The van der Waals surface area contributed by atoms with Gasteiger partial charge in [-0.2, -0.15) is 5.26 Å². The molecule has 1 atom stereocenters. The Morgan fingerprint density at radius 3 is 3.31 bits per heavy atom. The number of aromatic nitrogens is 1. The molecule has 1 fully saturated rings. The van der Waals surface area contributed by atoms with Gasteiger partial charge in [0.15, 0.2) is 5.69 Å². The van der Waals surface area contributed by atoms with E-state index in [1.165, 1.54) is 12.8 Å². The van der Waals surface area contributed by atoms with Crippen LogP contribution in [0.5, 0.6) is 0 Å². The summed E-state index contributed by atoms with van der Waals surface area (Å²) in [7, 11) is 0. The Labute approximate surface area is 95.7 Å². The molecule has 4 nitrogen and oxygen atoms in total. The van der Waals surface area contributed by atoms with Crippen molar-refractivity contribution in [3.05, 3.63) is 24.0 Å². The zero-order chi connectivity index (χ0) is 11.2. The molecule has 16 heavy (non-hydrogen) atoms. The van der Waals surface area contributed by atoms with Crippen LogP contribution >= 0.6 is 0 Å². The molecular weight excluding hydrogens is 200 g/mol. The van der Waals surface area contributed by atoms with Crippen LogP contribution in [0.1, 0.15) is 25.0 Å². The first kappa shape index (κ1) is 10.9. The van der Waals surface area contributed by atoms with E-state index in [9.17, 15) is 0 Å². The average molecular weight is 216 g/mol. The Hall–Kier alpha value is -1.60. The van der Waals surface area contributed by atoms with Gasteiger partial charge in [0.1, 0.15) is 6.07 Å². The summed E-state index contributed by atoms with van der Waals surface area (Å²) in [6, 6.07) is 6.46. The van der Waals surface area contributed by atoms with Gasteiger partial charge in [-0.1, -0.05) is 0 Å². The van der Waals surface area contributed by atoms with Gasteiger partial charge >= 0.3 is 0 Å². The van der Waals surface area contributed by atoms with E-state index in [1.54, 1.807) is 6.20 Å². The Morgan fingerprint density at radius 1 is 1.62 bits per heavy atom. The zero-order valence-corrected chi connectivity index (χ0v) is 9.24. The quantitative estimate of drug-likeness (QED) is 0.801. The van der Waals surface area contributed by atoms with Crippen molar-refractivity contribution in [3.63, 3.8) is 0 Å². The van der Waals surface area contributed by atoms with E-state index in [4.69, 9.17) is 5.26 Å². The maximum atomic E-state index is 8.86. The van der Waals surface area contributed by atoms with Crippen molar-refractivity contribution in [2.75, 3.05) is 18.4 Å². The molecule has 4 heteroatoms. The van der Waals surface area contributed by atoms with Crippen molar-refractivity contribution in [2.24, 2.45) is 0 Å². The van der Waals surface area contributed by atoms with Crippen LogP contribution in [0.3, 0.4) is 0 Å². The molecule has 2 heterocycles. The lowest BCUT2D eigenvalue weighted by Gasteiger charge is -2.11. The highest BCUT2D eigenvalue weighted by molar-refractivity contribution is 5.53. The Morgan fingerprint density at radius 2 is 2.56 bits per heavy atom. The normalized spacial score (nSPS) is 19.3. The smallest absolute Gasteiger partial charge is 0.163 e. The number of nitrogens with zero attached hydrogens (tertiary/aromatic N) is 2. The summed E-state index contributed by atoms with van der Waals surface area (Å²) < 4.78 is 0. The van der Waals surface area contributed by atoms with Crippen LogP contribution in [-0.2, 0) is 0 Å². The van der Waals surface area contributed by atoms with E-state index in [-0.39, 0.29) is 0 Å². The van der Waals surface area contributed by atoms with Crippen molar-refractivity contribution in [1.29, 1.82) is 5.26 Å². The third kappa shape index (κ3) is 2.71. The van der Waals surface area contributed by atoms with E-state index in [0.717, 1.165) is 25.2 Å². The second-order valence-electron chi connectivity index (χ2n) is 4.02. The van der Waals surface area contributed by atoms with E-state index >= 15 is 0 Å². The van der Waals surface area contributed by atoms with Crippen molar-refractivity contribution in [1.82, 2.24) is 10.3 Å². The van der Waals surface area contributed by atoms with E-state index in [0.29, 0.717) is 11.7 Å². The molecule has 1 aliphatic heterocycles. The number of hydrogen-bond acceptors (Lipinski definition) is 4. The van der Waals surface area contributed by atoms with Crippen molar-refractivity contribution in [3.8, 4) is 6.07 Å². The summed E-state index contributed by atoms with van der Waals surface area (Å²) in [5.74, 6) is 0. The van der Waals surface area contributed by atoms with Crippen LogP contribution in [0.2, 0.25) is 0 Å². The standard InChI is InChI=1S/C12H16N4/c13-9-12-11(4-2-7-15-12)16-8-5-10-3-1-6-14-10/h2,4,7,10,14,16H,1,3,5-6,8H2. The molecule has 0 spiro atoms. The largest absolute Gasteiger partial charge is 0.383 e. The lowest BCUT2D eigenvalue weighted by atomic mass is 10.1. The lowest BCUT2D eigenvalue weighted by molar-refractivity contribution is 0.574. The van der Waals surface area contributed by atoms with Gasteiger partial charge < -0.3 is 10.6 Å². The molecule has 84 valence electrons. The fourth-order valence-corrected chi connectivity index (χ4v) is 2.02. The molecule has 1 unspecified atom stereocenters. The minimum absolute atomic E-state index is 0.474. The van der Waals surface area contributed by atoms with Crippen molar-refractivity contribution in [2.45, 2.75) is 25.3 Å². The van der Waals surface area contributed by atoms with Crippen LogP contribution in [0.15, 0.2) is 18.3 Å². The van der Waals surface area contributed by atoms with Gasteiger partial charge in [-0.05, 0) is 37.9 Å². The predicted octanol–water partition coefficient (Wildman–Crippen LogP) is 1.51. The average Bonchev–Trinajstić information content (AvgIpc) is 2.83. The van der Waals surface area contributed by atoms with Gasteiger partial charge in [0.2, 0.25) is 0 Å². The molecule has 0 radical (unpaired) electrons. The monoisotopic (exact) mass is 216 g/mol. The number of rotatable bonds is 4. The summed E-state index contributed by atoms with van der Waals surface area (Å²) in [6.45, 7) is 2.03. The Bertz CT molecular complexity index is 377. The van der Waals surface area contributed by atoms with Gasteiger partial charge in [-0.25, -0.2) is 4.98 Å². The summed E-state index contributed by atoms with van der Waals surface area (Å²) in [6.07, 6.45) is 5.28. The summed E-state index contributed by atoms with van der Waals surface area (Å²) in [5, 5.41) is 15.6. The number of pyridine rings is 1. The molecular formula is C12H16N4. The highest BCUT2D eigenvalue weighted by atomic mass is 15.0. The Kier molecular flexibility index (Phi) is 3.73. The third-order valence-corrected chi connectivity index (χ3v) is 2.88. The van der Waals surface area contributed by atoms with Gasteiger partial charge in [-0.15, -0.1) is 0 Å². The minimum atomic E-state index is 0.474. The zero-order valence-electron chi connectivity index (χ0n) is 9.24. The minimum Gasteiger partial charge on any atom is -0.383 e. The van der Waals surface area contributed by atoms with Crippen molar-refractivity contribution >= 4 is 5.69 Å². The number of nitrogens with one attached hydrogen (secondary N) is 2. The third-order valence-electron chi connectivity index (χ3n) is 2.88. The van der Waals surface area contributed by atoms with Gasteiger partial charge in [0.05, 0.1) is 5.69 Å². The predicted molar refractivity (Wildman–Crippen MR) is 63.1 cm³/mol. The van der Waals surface area contributed by atoms with Crippen LogP contribution in [0.4, 0.5) is 5.69 Å².